The van der Waals surface area contributed by atoms with E-state index in [2.05, 4.69) is 10.3 Å². The Morgan fingerprint density at radius 1 is 1.29 bits per heavy atom. The van der Waals surface area contributed by atoms with Crippen molar-refractivity contribution in [3.63, 3.8) is 0 Å². The van der Waals surface area contributed by atoms with Crippen molar-refractivity contribution in [3.8, 4) is 5.69 Å². The van der Waals surface area contributed by atoms with Gasteiger partial charge < -0.3 is 5.73 Å². The summed E-state index contributed by atoms with van der Waals surface area (Å²) in [6, 6.07) is 9.27. The molecule has 2 N–H and O–H groups in total. The second-order valence-electron chi connectivity index (χ2n) is 2.73. The number of aldehydes is 1. The van der Waals surface area contributed by atoms with Gasteiger partial charge >= 0.3 is 0 Å². The summed E-state index contributed by atoms with van der Waals surface area (Å²) in [4.78, 5) is 10.5. The Kier molecular flexibility index (Phi) is 1.98. The summed E-state index contributed by atoms with van der Waals surface area (Å²) in [5, 5.41) is 7.40. The minimum Gasteiger partial charge on any atom is -0.382 e. The van der Waals surface area contributed by atoms with Crippen LogP contribution in [-0.4, -0.2) is 21.3 Å². The van der Waals surface area contributed by atoms with Gasteiger partial charge in [0.05, 0.1) is 5.69 Å². The zero-order valence-electron chi connectivity index (χ0n) is 7.29. The average Bonchev–Trinajstić information content (AvgIpc) is 2.61. The highest BCUT2D eigenvalue weighted by atomic mass is 16.1. The van der Waals surface area contributed by atoms with Crippen LogP contribution in [0.4, 0.5) is 5.82 Å². The van der Waals surface area contributed by atoms with Crippen molar-refractivity contribution in [2.75, 3.05) is 5.73 Å². The summed E-state index contributed by atoms with van der Waals surface area (Å²) in [7, 11) is 0. The number of carbonyl (C=O) groups excluding carboxylic acids is 1. The molecular weight excluding hydrogens is 180 g/mol. The zero-order valence-corrected chi connectivity index (χ0v) is 7.29. The molecule has 0 atom stereocenters. The number of rotatable bonds is 2. The lowest BCUT2D eigenvalue weighted by molar-refractivity contribution is 0.112. The third-order valence-corrected chi connectivity index (χ3v) is 1.84. The van der Waals surface area contributed by atoms with Crippen molar-refractivity contribution < 1.29 is 4.79 Å². The first-order chi connectivity index (χ1) is 6.83. The molecule has 0 saturated heterocycles. The smallest absolute Gasteiger partial charge is 0.174 e. The molecule has 5 nitrogen and oxygen atoms in total. The Hall–Kier alpha value is -2.17. The van der Waals surface area contributed by atoms with Gasteiger partial charge in [-0.25, -0.2) is 0 Å². The Bertz CT molecular complexity index is 449. The summed E-state index contributed by atoms with van der Waals surface area (Å²) in [5.74, 6) is 0.256. The monoisotopic (exact) mass is 188 g/mol. The fourth-order valence-electron chi connectivity index (χ4n) is 1.14. The van der Waals surface area contributed by atoms with E-state index in [1.807, 2.05) is 30.3 Å². The number of benzene rings is 1. The van der Waals surface area contributed by atoms with E-state index in [9.17, 15) is 4.79 Å². The van der Waals surface area contributed by atoms with E-state index < -0.39 is 0 Å². The molecule has 5 heteroatoms. The fourth-order valence-corrected chi connectivity index (χ4v) is 1.14. The number of para-hydroxylation sites is 1. The molecule has 2 rings (SSSR count). The van der Waals surface area contributed by atoms with Gasteiger partial charge in [-0.05, 0) is 12.1 Å². The Morgan fingerprint density at radius 2 is 2.00 bits per heavy atom. The molecule has 0 radical (unpaired) electrons. The van der Waals surface area contributed by atoms with Gasteiger partial charge in [-0.1, -0.05) is 23.4 Å². The van der Waals surface area contributed by atoms with Crippen LogP contribution in [0.3, 0.4) is 0 Å². The lowest BCUT2D eigenvalue weighted by atomic mass is 10.3. The van der Waals surface area contributed by atoms with E-state index in [1.54, 1.807) is 0 Å². The maximum absolute atomic E-state index is 10.5. The Morgan fingerprint density at radius 3 is 2.57 bits per heavy atom. The lowest BCUT2D eigenvalue weighted by Gasteiger charge is -2.00. The molecule has 0 unspecified atom stereocenters. The van der Waals surface area contributed by atoms with Gasteiger partial charge in [0, 0.05) is 0 Å². The maximum Gasteiger partial charge on any atom is 0.174 e. The number of hydrogen-bond donors (Lipinski definition) is 1. The first-order valence-corrected chi connectivity index (χ1v) is 4.04. The lowest BCUT2D eigenvalue weighted by Crippen LogP contribution is -2.02. The predicted molar refractivity (Wildman–Crippen MR) is 51.2 cm³/mol. The molecule has 0 bridgehead atoms. The van der Waals surface area contributed by atoms with E-state index in [-0.39, 0.29) is 11.5 Å². The van der Waals surface area contributed by atoms with Crippen LogP contribution in [0, 0.1) is 0 Å². The van der Waals surface area contributed by atoms with Crippen molar-refractivity contribution in [3.05, 3.63) is 36.0 Å². The highest BCUT2D eigenvalue weighted by Crippen LogP contribution is 2.12. The van der Waals surface area contributed by atoms with Crippen LogP contribution in [0.25, 0.3) is 5.69 Å². The minimum absolute atomic E-state index is 0.161. The second kappa shape index (κ2) is 3.29. The highest BCUT2D eigenvalue weighted by Gasteiger charge is 2.08. The number of hydrogen-bond acceptors (Lipinski definition) is 4. The van der Waals surface area contributed by atoms with Crippen LogP contribution in [0.1, 0.15) is 10.5 Å². The van der Waals surface area contributed by atoms with E-state index in [0.29, 0.717) is 6.29 Å². The SMILES string of the molecule is Nc1c(C=O)nnn1-c1ccccc1. The molecule has 0 amide bonds. The van der Waals surface area contributed by atoms with Crippen molar-refractivity contribution in [2.24, 2.45) is 0 Å². The van der Waals surface area contributed by atoms with Crippen molar-refractivity contribution in [1.82, 2.24) is 15.0 Å². The fraction of sp³-hybridized carbons (Fsp3) is 0. The summed E-state index contributed by atoms with van der Waals surface area (Å²) in [5.41, 5.74) is 6.60. The number of anilines is 1. The summed E-state index contributed by atoms with van der Waals surface area (Å²) >= 11 is 0. The number of nitrogen functional groups attached to an aromatic ring is 1. The molecule has 0 spiro atoms. The summed E-state index contributed by atoms with van der Waals surface area (Å²) in [6.07, 6.45) is 0.585. The van der Waals surface area contributed by atoms with Crippen molar-refractivity contribution in [1.29, 1.82) is 0 Å². The molecule has 0 aliphatic rings. The minimum atomic E-state index is 0.161. The Labute approximate surface area is 80.2 Å². The van der Waals surface area contributed by atoms with E-state index in [1.165, 1.54) is 4.68 Å². The van der Waals surface area contributed by atoms with E-state index in [0.717, 1.165) is 5.69 Å². The number of nitrogens with zero attached hydrogens (tertiary/aromatic N) is 3. The number of nitrogens with two attached hydrogens (primary N) is 1. The van der Waals surface area contributed by atoms with Gasteiger partial charge in [-0.3, -0.25) is 4.79 Å². The van der Waals surface area contributed by atoms with Gasteiger partial charge in [0.2, 0.25) is 0 Å². The van der Waals surface area contributed by atoms with E-state index >= 15 is 0 Å². The van der Waals surface area contributed by atoms with Crippen LogP contribution in [0.5, 0.6) is 0 Å². The average molecular weight is 188 g/mol. The largest absolute Gasteiger partial charge is 0.382 e. The van der Waals surface area contributed by atoms with Crippen LogP contribution in [-0.2, 0) is 0 Å². The third-order valence-electron chi connectivity index (χ3n) is 1.84. The molecule has 2 aromatic rings. The van der Waals surface area contributed by atoms with Crippen molar-refractivity contribution in [2.45, 2.75) is 0 Å². The summed E-state index contributed by atoms with van der Waals surface area (Å²) in [6.45, 7) is 0. The molecule has 0 saturated carbocycles. The first kappa shape index (κ1) is 8.43. The predicted octanol–water partition coefficient (Wildman–Crippen LogP) is 0.662. The van der Waals surface area contributed by atoms with Gasteiger partial charge in [-0.2, -0.15) is 4.68 Å². The molecule has 70 valence electrons. The van der Waals surface area contributed by atoms with Crippen LogP contribution < -0.4 is 5.73 Å². The van der Waals surface area contributed by atoms with Crippen LogP contribution >= 0.6 is 0 Å². The quantitative estimate of drug-likeness (QED) is 0.702. The summed E-state index contributed by atoms with van der Waals surface area (Å²) < 4.78 is 1.42. The van der Waals surface area contributed by atoms with Crippen LogP contribution in [0.15, 0.2) is 30.3 Å². The molecule has 1 aromatic carbocycles. The number of aromatic nitrogens is 3. The second-order valence-corrected chi connectivity index (χ2v) is 2.73. The van der Waals surface area contributed by atoms with E-state index in [4.69, 9.17) is 5.73 Å². The van der Waals surface area contributed by atoms with Gasteiger partial charge in [0.25, 0.3) is 0 Å². The zero-order chi connectivity index (χ0) is 9.97. The van der Waals surface area contributed by atoms with Gasteiger partial charge in [-0.15, -0.1) is 5.10 Å². The van der Waals surface area contributed by atoms with Crippen LogP contribution in [0.2, 0.25) is 0 Å². The third kappa shape index (κ3) is 1.24. The van der Waals surface area contributed by atoms with Gasteiger partial charge in [0.15, 0.2) is 17.8 Å². The standard InChI is InChI=1S/C9H8N4O/c10-9-8(6-14)11-12-13(9)7-4-2-1-3-5-7/h1-6H,10H2. The highest BCUT2D eigenvalue weighted by molar-refractivity contribution is 5.79. The molecule has 14 heavy (non-hydrogen) atoms. The topological polar surface area (TPSA) is 73.8 Å². The molecule has 1 heterocycles. The molecule has 0 fully saturated rings. The maximum atomic E-state index is 10.5. The van der Waals surface area contributed by atoms with Gasteiger partial charge in [0.1, 0.15) is 0 Å². The first-order valence-electron chi connectivity index (χ1n) is 4.04. The molecular formula is C9H8N4O. The Balaban J connectivity index is 2.53. The number of carbonyl (C=O) groups is 1. The molecule has 0 aliphatic carbocycles. The molecule has 1 aromatic heterocycles. The molecule has 0 aliphatic heterocycles. The normalized spacial score (nSPS) is 10.0. The van der Waals surface area contributed by atoms with Crippen molar-refractivity contribution >= 4 is 12.1 Å².